The fourth-order valence-corrected chi connectivity index (χ4v) is 6.31. The highest BCUT2D eigenvalue weighted by Gasteiger charge is 2.31. The van der Waals surface area contributed by atoms with E-state index in [1.54, 1.807) is 11.1 Å². The Balaban J connectivity index is 1.03. The third-order valence-corrected chi connectivity index (χ3v) is 8.49. The molecule has 0 spiro atoms. The Hall–Kier alpha value is -2.92. The first kappa shape index (κ1) is 26.7. The molecule has 7 nitrogen and oxygen atoms in total. The Morgan fingerprint density at radius 3 is 2.79 bits per heavy atom. The molecule has 1 aromatic heterocycles. The van der Waals surface area contributed by atoms with Crippen LogP contribution in [0.25, 0.3) is 6.08 Å². The van der Waals surface area contributed by atoms with Crippen LogP contribution in [0.4, 0.5) is 5.13 Å². The molecule has 38 heavy (non-hydrogen) atoms. The van der Waals surface area contributed by atoms with E-state index < -0.39 is 0 Å². The van der Waals surface area contributed by atoms with E-state index in [9.17, 15) is 9.59 Å². The molecule has 3 aromatic rings. The quantitative estimate of drug-likeness (QED) is 0.165. The van der Waals surface area contributed by atoms with Gasteiger partial charge in [0.2, 0.25) is 12.7 Å². The zero-order valence-corrected chi connectivity index (χ0v) is 23.5. The van der Waals surface area contributed by atoms with Gasteiger partial charge < -0.3 is 14.8 Å². The smallest absolute Gasteiger partial charge is 0.266 e. The fourth-order valence-electron chi connectivity index (χ4n) is 4.01. The van der Waals surface area contributed by atoms with Gasteiger partial charge in [-0.15, -0.1) is 11.3 Å². The van der Waals surface area contributed by atoms with Crippen molar-refractivity contribution < 1.29 is 19.1 Å². The van der Waals surface area contributed by atoms with E-state index in [2.05, 4.69) is 10.3 Å². The lowest BCUT2D eigenvalue weighted by molar-refractivity contribution is -0.122. The van der Waals surface area contributed by atoms with Gasteiger partial charge in [-0.3, -0.25) is 14.5 Å². The van der Waals surface area contributed by atoms with E-state index in [1.165, 1.54) is 23.1 Å². The number of carbonyl (C=O) groups is 2. The molecule has 0 saturated carbocycles. The highest BCUT2D eigenvalue weighted by Crippen LogP contribution is 2.36. The summed E-state index contributed by atoms with van der Waals surface area (Å²) in [5.74, 6) is 1.23. The Kier molecular flexibility index (Phi) is 8.63. The van der Waals surface area contributed by atoms with E-state index >= 15 is 0 Å². The van der Waals surface area contributed by atoms with Crippen LogP contribution in [-0.2, 0) is 16.0 Å². The molecule has 0 bridgehead atoms. The summed E-state index contributed by atoms with van der Waals surface area (Å²) in [5, 5.41) is 4.19. The number of nitrogens with one attached hydrogen (secondary N) is 1. The Morgan fingerprint density at radius 2 is 1.95 bits per heavy atom. The van der Waals surface area contributed by atoms with Crippen LogP contribution < -0.4 is 14.8 Å². The van der Waals surface area contributed by atoms with Gasteiger partial charge >= 0.3 is 0 Å². The maximum Gasteiger partial charge on any atom is 0.266 e. The Labute approximate surface area is 239 Å². The SMILES string of the molecule is O=C(CCCCCN1C(=O)/C(=C/c2ccc3c(c2)OCO3)SC1=S)Nc1ncc(Cc2ccc(Cl)cc2)s1. The third-order valence-electron chi connectivity index (χ3n) is 5.95. The molecule has 2 amide bonds. The van der Waals surface area contributed by atoms with E-state index in [4.69, 9.17) is 33.3 Å². The monoisotopic (exact) mass is 585 g/mol. The van der Waals surface area contributed by atoms with Crippen LogP contribution in [0.1, 0.15) is 41.7 Å². The molecule has 1 fully saturated rings. The van der Waals surface area contributed by atoms with E-state index in [1.807, 2.05) is 48.5 Å². The summed E-state index contributed by atoms with van der Waals surface area (Å²) in [6, 6.07) is 13.3. The van der Waals surface area contributed by atoms with Crippen molar-refractivity contribution in [1.29, 1.82) is 0 Å². The van der Waals surface area contributed by atoms with Gasteiger partial charge in [0.05, 0.1) is 4.91 Å². The number of amides is 2. The number of thiocarbonyl (C=S) groups is 1. The average molecular weight is 586 g/mol. The Morgan fingerprint density at radius 1 is 1.13 bits per heavy atom. The second kappa shape index (κ2) is 12.3. The molecule has 3 heterocycles. The lowest BCUT2D eigenvalue weighted by Crippen LogP contribution is -2.29. The normalized spacial score (nSPS) is 15.5. The van der Waals surface area contributed by atoms with Crippen LogP contribution in [0.15, 0.2) is 53.6 Å². The number of anilines is 1. The van der Waals surface area contributed by atoms with Gasteiger partial charge in [-0.05, 0) is 54.3 Å². The van der Waals surface area contributed by atoms with Crippen molar-refractivity contribution in [1.82, 2.24) is 9.88 Å². The molecule has 2 aliphatic rings. The maximum absolute atomic E-state index is 12.9. The van der Waals surface area contributed by atoms with Gasteiger partial charge in [-0.2, -0.15) is 0 Å². The predicted octanol–water partition coefficient (Wildman–Crippen LogP) is 6.52. The number of aromatic nitrogens is 1. The van der Waals surface area contributed by atoms with Crippen molar-refractivity contribution in [3.05, 3.63) is 74.6 Å². The molecule has 0 unspecified atom stereocenters. The lowest BCUT2D eigenvalue weighted by Gasteiger charge is -2.14. The minimum absolute atomic E-state index is 0.0605. The highest BCUT2D eigenvalue weighted by atomic mass is 35.5. The number of thiazole rings is 1. The first-order valence-electron chi connectivity index (χ1n) is 12.1. The van der Waals surface area contributed by atoms with Crippen LogP contribution in [-0.4, -0.2) is 39.4 Å². The summed E-state index contributed by atoms with van der Waals surface area (Å²) >= 11 is 14.2. The van der Waals surface area contributed by atoms with Crippen molar-refractivity contribution in [3.63, 3.8) is 0 Å². The van der Waals surface area contributed by atoms with Crippen LogP contribution in [0.2, 0.25) is 5.02 Å². The zero-order valence-electron chi connectivity index (χ0n) is 20.3. The minimum atomic E-state index is -0.0893. The van der Waals surface area contributed by atoms with Gasteiger partial charge in [-0.25, -0.2) is 4.98 Å². The van der Waals surface area contributed by atoms with Crippen molar-refractivity contribution >= 4 is 74.3 Å². The summed E-state index contributed by atoms with van der Waals surface area (Å²) in [5.41, 5.74) is 2.00. The first-order valence-corrected chi connectivity index (χ1v) is 14.5. The number of fused-ring (bicyclic) bond motifs is 1. The second-order valence-corrected chi connectivity index (χ2v) is 12.0. The van der Waals surface area contributed by atoms with Crippen LogP contribution in [0.3, 0.4) is 0 Å². The molecular weight excluding hydrogens is 562 g/mol. The molecule has 5 rings (SSSR count). The van der Waals surface area contributed by atoms with Gasteiger partial charge in [-0.1, -0.05) is 60.2 Å². The van der Waals surface area contributed by atoms with Crippen molar-refractivity contribution in [2.45, 2.75) is 32.1 Å². The van der Waals surface area contributed by atoms with Gasteiger partial charge in [0.15, 0.2) is 16.6 Å². The molecular formula is C27H24ClN3O4S3. The fraction of sp³-hybridized carbons (Fsp3) is 0.259. The summed E-state index contributed by atoms with van der Waals surface area (Å²) < 4.78 is 11.3. The van der Waals surface area contributed by atoms with Crippen LogP contribution in [0, 0.1) is 0 Å². The number of thioether (sulfide) groups is 1. The largest absolute Gasteiger partial charge is 0.454 e. The van der Waals surface area contributed by atoms with Gasteiger partial charge in [0.25, 0.3) is 5.91 Å². The number of unbranched alkanes of at least 4 members (excludes halogenated alkanes) is 2. The number of hydrogen-bond acceptors (Lipinski definition) is 8. The third kappa shape index (κ3) is 6.74. The molecule has 1 saturated heterocycles. The maximum atomic E-state index is 12.9. The van der Waals surface area contributed by atoms with E-state index in [0.717, 1.165) is 41.7 Å². The average Bonchev–Trinajstić information content (AvgIpc) is 3.61. The first-order chi connectivity index (χ1) is 18.4. The highest BCUT2D eigenvalue weighted by molar-refractivity contribution is 8.26. The number of nitrogens with zero attached hydrogens (tertiary/aromatic N) is 2. The molecule has 2 aromatic carbocycles. The van der Waals surface area contributed by atoms with E-state index in [0.29, 0.717) is 43.8 Å². The molecule has 0 atom stereocenters. The van der Waals surface area contributed by atoms with E-state index in [-0.39, 0.29) is 18.6 Å². The summed E-state index contributed by atoms with van der Waals surface area (Å²) in [6.07, 6.45) is 7.05. The number of ether oxygens (including phenoxy) is 2. The molecule has 1 N–H and O–H groups in total. The van der Waals surface area contributed by atoms with Crippen molar-refractivity contribution in [2.24, 2.45) is 0 Å². The molecule has 2 aliphatic heterocycles. The second-order valence-electron chi connectivity index (χ2n) is 8.74. The lowest BCUT2D eigenvalue weighted by atomic mass is 10.1. The summed E-state index contributed by atoms with van der Waals surface area (Å²) in [7, 11) is 0. The molecule has 0 radical (unpaired) electrons. The van der Waals surface area contributed by atoms with Crippen LogP contribution in [0.5, 0.6) is 11.5 Å². The molecule has 11 heteroatoms. The van der Waals surface area contributed by atoms with Crippen LogP contribution >= 0.6 is 46.9 Å². The Bertz CT molecular complexity index is 1390. The standard InChI is InChI=1S/C27H24ClN3O4S3/c28-19-8-5-17(6-9-19)12-20-15-29-26(37-20)30-24(32)4-2-1-3-11-31-25(33)23(38-27(31)36)14-18-7-10-21-22(13-18)35-16-34-21/h5-10,13-15H,1-4,11-12,16H2,(H,29,30,32)/b23-14-. The van der Waals surface area contributed by atoms with Gasteiger partial charge in [0, 0.05) is 35.5 Å². The van der Waals surface area contributed by atoms with Crippen molar-refractivity contribution in [3.8, 4) is 11.5 Å². The topological polar surface area (TPSA) is 80.8 Å². The summed E-state index contributed by atoms with van der Waals surface area (Å²) in [6.45, 7) is 0.741. The minimum Gasteiger partial charge on any atom is -0.454 e. The number of halogens is 1. The molecule has 196 valence electrons. The summed E-state index contributed by atoms with van der Waals surface area (Å²) in [4.78, 5) is 32.8. The number of rotatable bonds is 10. The molecule has 0 aliphatic carbocycles. The number of hydrogen-bond donors (Lipinski definition) is 1. The number of carbonyl (C=O) groups excluding carboxylic acids is 2. The predicted molar refractivity (Wildman–Crippen MR) is 156 cm³/mol. The number of benzene rings is 2. The zero-order chi connectivity index (χ0) is 26.5. The van der Waals surface area contributed by atoms with Crippen molar-refractivity contribution in [2.75, 3.05) is 18.7 Å². The van der Waals surface area contributed by atoms with Gasteiger partial charge in [0.1, 0.15) is 4.32 Å².